The average molecular weight is 279 g/mol. The number of nitrogens with zero attached hydrogens (tertiary/aromatic N) is 5. The summed E-state index contributed by atoms with van der Waals surface area (Å²) in [7, 11) is 0. The number of nitrogens with one attached hydrogen (secondary N) is 1. The predicted molar refractivity (Wildman–Crippen MR) is 79.0 cm³/mol. The highest BCUT2D eigenvalue weighted by molar-refractivity contribution is 5.55. The van der Waals surface area contributed by atoms with Gasteiger partial charge in [0.1, 0.15) is 6.33 Å². The molecule has 0 saturated carbocycles. The van der Waals surface area contributed by atoms with Crippen LogP contribution >= 0.6 is 0 Å². The fourth-order valence-electron chi connectivity index (χ4n) is 1.79. The maximum absolute atomic E-state index is 5.72. The zero-order valence-corrected chi connectivity index (χ0v) is 11.1. The van der Waals surface area contributed by atoms with Crippen molar-refractivity contribution in [2.24, 2.45) is 0 Å². The van der Waals surface area contributed by atoms with E-state index < -0.39 is 0 Å². The van der Waals surface area contributed by atoms with Gasteiger partial charge in [0, 0.05) is 18.9 Å². The summed E-state index contributed by atoms with van der Waals surface area (Å²) in [6, 6.07) is 9.96. The van der Waals surface area contributed by atoms with Crippen molar-refractivity contribution in [1.29, 1.82) is 0 Å². The van der Waals surface area contributed by atoms with Gasteiger partial charge in [-0.1, -0.05) is 30.3 Å². The lowest BCUT2D eigenvalue weighted by atomic mass is 10.2. The van der Waals surface area contributed by atoms with Gasteiger partial charge in [-0.25, -0.2) is 9.97 Å². The van der Waals surface area contributed by atoms with Crippen molar-refractivity contribution in [2.45, 2.75) is 6.54 Å². The Bertz CT molecular complexity index is 716. The molecular weight excluding hydrogens is 266 g/mol. The van der Waals surface area contributed by atoms with Crippen molar-refractivity contribution in [3.63, 3.8) is 0 Å². The van der Waals surface area contributed by atoms with Crippen molar-refractivity contribution in [3.8, 4) is 11.4 Å². The standard InChI is InChI=1S/C14H13N7/c15-13-19-12(11-7-16-9-17-8-11)20-14(21-13)18-6-10-4-2-1-3-5-10/h1-5,7-9H,6H2,(H3,15,18,19,20,21). The molecule has 104 valence electrons. The molecule has 3 aromatic rings. The number of rotatable bonds is 4. The minimum atomic E-state index is 0.152. The highest BCUT2D eigenvalue weighted by atomic mass is 15.2. The van der Waals surface area contributed by atoms with Crippen LogP contribution in [0.25, 0.3) is 11.4 Å². The number of benzene rings is 1. The second-order valence-corrected chi connectivity index (χ2v) is 4.31. The maximum Gasteiger partial charge on any atom is 0.228 e. The first-order valence-electron chi connectivity index (χ1n) is 6.36. The molecule has 21 heavy (non-hydrogen) atoms. The Hall–Kier alpha value is -3.09. The summed E-state index contributed by atoms with van der Waals surface area (Å²) >= 11 is 0. The molecule has 0 aliphatic heterocycles. The summed E-state index contributed by atoms with van der Waals surface area (Å²) in [5, 5.41) is 3.13. The van der Waals surface area contributed by atoms with E-state index in [2.05, 4.69) is 30.2 Å². The van der Waals surface area contributed by atoms with Crippen molar-refractivity contribution in [1.82, 2.24) is 24.9 Å². The molecule has 0 unspecified atom stereocenters. The van der Waals surface area contributed by atoms with E-state index in [1.54, 1.807) is 12.4 Å². The molecule has 0 bridgehead atoms. The van der Waals surface area contributed by atoms with Crippen molar-refractivity contribution >= 4 is 11.9 Å². The molecule has 7 nitrogen and oxygen atoms in total. The van der Waals surface area contributed by atoms with Crippen LogP contribution in [0.1, 0.15) is 5.56 Å². The fraction of sp³-hybridized carbons (Fsp3) is 0.0714. The fourth-order valence-corrected chi connectivity index (χ4v) is 1.79. The highest BCUT2D eigenvalue weighted by Gasteiger charge is 2.07. The molecule has 0 spiro atoms. The third-order valence-electron chi connectivity index (χ3n) is 2.76. The number of nitrogen functional groups attached to an aromatic ring is 1. The smallest absolute Gasteiger partial charge is 0.228 e. The summed E-state index contributed by atoms with van der Waals surface area (Å²) in [5.41, 5.74) is 7.54. The first-order chi connectivity index (χ1) is 10.3. The summed E-state index contributed by atoms with van der Waals surface area (Å²) < 4.78 is 0. The van der Waals surface area contributed by atoms with Crippen LogP contribution in [0.5, 0.6) is 0 Å². The topological polar surface area (TPSA) is 102 Å². The molecule has 1 aromatic carbocycles. The minimum Gasteiger partial charge on any atom is -0.368 e. The summed E-state index contributed by atoms with van der Waals surface area (Å²) in [6.45, 7) is 0.606. The van der Waals surface area contributed by atoms with E-state index in [0.29, 0.717) is 23.9 Å². The van der Waals surface area contributed by atoms with Gasteiger partial charge in [-0.2, -0.15) is 15.0 Å². The zero-order chi connectivity index (χ0) is 14.5. The van der Waals surface area contributed by atoms with Crippen molar-refractivity contribution in [3.05, 3.63) is 54.6 Å². The molecular formula is C14H13N7. The van der Waals surface area contributed by atoms with E-state index >= 15 is 0 Å². The SMILES string of the molecule is Nc1nc(NCc2ccccc2)nc(-c2cncnc2)n1. The quantitative estimate of drug-likeness (QED) is 0.746. The van der Waals surface area contributed by atoms with Crippen molar-refractivity contribution < 1.29 is 0 Å². The molecule has 0 radical (unpaired) electrons. The minimum absolute atomic E-state index is 0.152. The van der Waals surface area contributed by atoms with Crippen molar-refractivity contribution in [2.75, 3.05) is 11.1 Å². The number of aromatic nitrogens is 5. The van der Waals surface area contributed by atoms with Gasteiger partial charge < -0.3 is 11.1 Å². The molecule has 0 amide bonds. The Labute approximate surface area is 121 Å². The van der Waals surface area contributed by atoms with E-state index in [9.17, 15) is 0 Å². The molecule has 0 fully saturated rings. The second-order valence-electron chi connectivity index (χ2n) is 4.31. The third-order valence-corrected chi connectivity index (χ3v) is 2.76. The molecule has 0 aliphatic rings. The molecule has 3 N–H and O–H groups in total. The molecule has 2 heterocycles. The number of hydrogen-bond acceptors (Lipinski definition) is 7. The van der Waals surface area contributed by atoms with Gasteiger partial charge in [-0.05, 0) is 5.56 Å². The van der Waals surface area contributed by atoms with Gasteiger partial charge in [0.15, 0.2) is 5.82 Å². The van der Waals surface area contributed by atoms with Crippen LogP contribution in [0.15, 0.2) is 49.1 Å². The zero-order valence-electron chi connectivity index (χ0n) is 11.1. The summed E-state index contributed by atoms with van der Waals surface area (Å²) in [5.74, 6) is 1.02. The van der Waals surface area contributed by atoms with Gasteiger partial charge in [-0.15, -0.1) is 0 Å². The van der Waals surface area contributed by atoms with Crippen LogP contribution in [0.4, 0.5) is 11.9 Å². The lowest BCUT2D eigenvalue weighted by molar-refractivity contribution is 1.01. The molecule has 3 rings (SSSR count). The van der Waals surface area contributed by atoms with Gasteiger partial charge in [0.25, 0.3) is 0 Å². The molecule has 7 heteroatoms. The Morgan fingerprint density at radius 1 is 0.952 bits per heavy atom. The normalized spacial score (nSPS) is 10.3. The van der Waals surface area contributed by atoms with Crippen LogP contribution in [0, 0.1) is 0 Å². The lowest BCUT2D eigenvalue weighted by Gasteiger charge is -2.07. The number of anilines is 2. The molecule has 0 saturated heterocycles. The Morgan fingerprint density at radius 2 is 1.71 bits per heavy atom. The van der Waals surface area contributed by atoms with Crippen LogP contribution in [-0.4, -0.2) is 24.9 Å². The van der Waals surface area contributed by atoms with Crippen LogP contribution < -0.4 is 11.1 Å². The lowest BCUT2D eigenvalue weighted by Crippen LogP contribution is -2.08. The van der Waals surface area contributed by atoms with E-state index in [0.717, 1.165) is 5.56 Å². The molecule has 0 atom stereocenters. The Kier molecular flexibility index (Phi) is 3.64. The van der Waals surface area contributed by atoms with Crippen LogP contribution in [0.2, 0.25) is 0 Å². The molecule has 2 aromatic heterocycles. The van der Waals surface area contributed by atoms with Gasteiger partial charge in [-0.3, -0.25) is 0 Å². The molecule has 0 aliphatic carbocycles. The van der Waals surface area contributed by atoms with E-state index in [4.69, 9.17) is 5.73 Å². The highest BCUT2D eigenvalue weighted by Crippen LogP contribution is 2.15. The van der Waals surface area contributed by atoms with E-state index in [-0.39, 0.29) is 5.95 Å². The Balaban J connectivity index is 1.82. The second kappa shape index (κ2) is 5.91. The Morgan fingerprint density at radius 3 is 2.48 bits per heavy atom. The third kappa shape index (κ3) is 3.27. The van der Waals surface area contributed by atoms with Gasteiger partial charge >= 0.3 is 0 Å². The van der Waals surface area contributed by atoms with Crippen LogP contribution in [-0.2, 0) is 6.54 Å². The van der Waals surface area contributed by atoms with Crippen LogP contribution in [0.3, 0.4) is 0 Å². The summed E-state index contributed by atoms with van der Waals surface area (Å²) in [4.78, 5) is 20.4. The largest absolute Gasteiger partial charge is 0.368 e. The maximum atomic E-state index is 5.72. The van der Waals surface area contributed by atoms with Gasteiger partial charge in [0.2, 0.25) is 11.9 Å². The monoisotopic (exact) mass is 279 g/mol. The predicted octanol–water partition coefficient (Wildman–Crippen LogP) is 1.52. The first kappa shape index (κ1) is 12.9. The number of hydrogen-bond donors (Lipinski definition) is 2. The number of nitrogens with two attached hydrogens (primary N) is 1. The summed E-state index contributed by atoms with van der Waals surface area (Å²) in [6.07, 6.45) is 4.70. The van der Waals surface area contributed by atoms with E-state index in [1.807, 2.05) is 30.3 Å². The average Bonchev–Trinajstić information content (AvgIpc) is 2.54. The first-order valence-corrected chi connectivity index (χ1v) is 6.36. The van der Waals surface area contributed by atoms with Gasteiger partial charge in [0.05, 0.1) is 5.56 Å². The van der Waals surface area contributed by atoms with E-state index in [1.165, 1.54) is 6.33 Å².